The summed E-state index contributed by atoms with van der Waals surface area (Å²) in [6, 6.07) is 8.67. The third-order valence-corrected chi connectivity index (χ3v) is 2.42. The second-order valence-electron chi connectivity index (χ2n) is 3.66. The van der Waals surface area contributed by atoms with Crippen LogP contribution in [0.1, 0.15) is 17.3 Å². The molecule has 5 heteroatoms. The van der Waals surface area contributed by atoms with Gasteiger partial charge < -0.3 is 4.74 Å². The first-order chi connectivity index (χ1) is 9.10. The van der Waals surface area contributed by atoms with Crippen LogP contribution in [-0.4, -0.2) is 37.6 Å². The van der Waals surface area contributed by atoms with Crippen molar-refractivity contribution in [2.24, 2.45) is 0 Å². The zero-order valence-electron chi connectivity index (χ0n) is 11.3. The molecule has 0 saturated heterocycles. The highest BCUT2D eigenvalue weighted by atomic mass is 16.7. The normalized spacial score (nSPS) is 11.0. The van der Waals surface area contributed by atoms with Crippen molar-refractivity contribution in [3.63, 3.8) is 0 Å². The molecule has 0 aliphatic heterocycles. The lowest BCUT2D eigenvalue weighted by atomic mass is 10.1. The number of carbonyl (C=O) groups excluding carboxylic acids is 2. The molecule has 0 aromatic heterocycles. The number of likely N-dealkylation sites (N-methyl/N-ethyl adjacent to an activating group) is 1. The lowest BCUT2D eigenvalue weighted by Crippen LogP contribution is -2.25. The van der Waals surface area contributed by atoms with E-state index in [1.807, 2.05) is 6.07 Å². The zero-order valence-corrected chi connectivity index (χ0v) is 11.3. The van der Waals surface area contributed by atoms with Crippen molar-refractivity contribution in [3.05, 3.63) is 47.7 Å². The van der Waals surface area contributed by atoms with E-state index in [0.29, 0.717) is 5.56 Å². The number of hydroxylamine groups is 2. The Balaban J connectivity index is 3.00. The maximum atomic E-state index is 12.0. The van der Waals surface area contributed by atoms with Crippen LogP contribution in [0.5, 0.6) is 0 Å². The number of rotatable bonds is 6. The van der Waals surface area contributed by atoms with Crippen LogP contribution in [0.3, 0.4) is 0 Å². The van der Waals surface area contributed by atoms with E-state index in [0.717, 1.165) is 0 Å². The molecule has 0 amide bonds. The minimum absolute atomic E-state index is 0.0539. The molecule has 102 valence electrons. The maximum Gasteiger partial charge on any atom is 0.357 e. The van der Waals surface area contributed by atoms with E-state index in [9.17, 15) is 9.59 Å². The van der Waals surface area contributed by atoms with E-state index >= 15 is 0 Å². The van der Waals surface area contributed by atoms with Crippen LogP contribution in [0.4, 0.5) is 0 Å². The molecule has 0 saturated carbocycles. The van der Waals surface area contributed by atoms with E-state index in [1.165, 1.54) is 25.3 Å². The summed E-state index contributed by atoms with van der Waals surface area (Å²) in [6.07, 6.45) is 1.21. The van der Waals surface area contributed by atoms with Crippen molar-refractivity contribution in [3.8, 4) is 0 Å². The molecule has 0 bridgehead atoms. The van der Waals surface area contributed by atoms with Crippen molar-refractivity contribution in [2.45, 2.75) is 6.92 Å². The number of allylic oxidation sites excluding steroid dienone is 1. The van der Waals surface area contributed by atoms with Gasteiger partial charge in [0, 0.05) is 18.7 Å². The molecule has 0 unspecified atom stereocenters. The van der Waals surface area contributed by atoms with E-state index in [1.54, 1.807) is 31.2 Å². The Morgan fingerprint density at radius 3 is 2.42 bits per heavy atom. The summed E-state index contributed by atoms with van der Waals surface area (Å²) >= 11 is 0. The third kappa shape index (κ3) is 4.22. The Bertz CT molecular complexity index is 468. The predicted octanol–water partition coefficient (Wildman–Crippen LogP) is 1.81. The highest BCUT2D eigenvalue weighted by molar-refractivity contribution is 6.08. The van der Waals surface area contributed by atoms with Crippen LogP contribution >= 0.6 is 0 Å². The van der Waals surface area contributed by atoms with Crippen molar-refractivity contribution in [1.82, 2.24) is 5.06 Å². The highest BCUT2D eigenvalue weighted by Crippen LogP contribution is 2.08. The number of carbonyl (C=O) groups is 2. The molecule has 1 rings (SSSR count). The van der Waals surface area contributed by atoms with Crippen molar-refractivity contribution in [2.75, 3.05) is 20.8 Å². The van der Waals surface area contributed by atoms with Gasteiger partial charge in [-0.05, 0) is 6.92 Å². The number of benzene rings is 1. The molecular formula is C14H17NO4. The van der Waals surface area contributed by atoms with E-state index in [4.69, 9.17) is 9.57 Å². The lowest BCUT2D eigenvalue weighted by molar-refractivity contribution is -0.149. The standard InChI is InChI=1S/C14H17NO4/c1-4-19-14(17)12(15(2)18-3)10-13(16)11-8-6-5-7-9-11/h5-10H,4H2,1-3H3/b12-10-. The minimum atomic E-state index is -0.601. The van der Waals surface area contributed by atoms with Gasteiger partial charge in [0.15, 0.2) is 11.5 Å². The summed E-state index contributed by atoms with van der Waals surface area (Å²) in [5.74, 6) is -0.885. The van der Waals surface area contributed by atoms with Crippen molar-refractivity contribution >= 4 is 11.8 Å². The number of ketones is 1. The molecule has 0 radical (unpaired) electrons. The SMILES string of the molecule is CCOC(=O)/C(=C/C(=O)c1ccccc1)N(C)OC. The van der Waals surface area contributed by atoms with Gasteiger partial charge in [0.2, 0.25) is 0 Å². The summed E-state index contributed by atoms with van der Waals surface area (Å²) in [4.78, 5) is 28.7. The van der Waals surface area contributed by atoms with Gasteiger partial charge in [-0.25, -0.2) is 4.79 Å². The first-order valence-electron chi connectivity index (χ1n) is 5.86. The number of esters is 1. The summed E-state index contributed by atoms with van der Waals surface area (Å²) in [6.45, 7) is 1.93. The first-order valence-corrected chi connectivity index (χ1v) is 5.86. The minimum Gasteiger partial charge on any atom is -0.461 e. The third-order valence-electron chi connectivity index (χ3n) is 2.42. The average molecular weight is 263 g/mol. The predicted molar refractivity (Wildman–Crippen MR) is 70.3 cm³/mol. The Morgan fingerprint density at radius 2 is 1.89 bits per heavy atom. The summed E-state index contributed by atoms with van der Waals surface area (Å²) in [5, 5.41) is 1.19. The summed E-state index contributed by atoms with van der Waals surface area (Å²) in [5.41, 5.74) is 0.548. The molecule has 1 aromatic rings. The lowest BCUT2D eigenvalue weighted by Gasteiger charge is -2.17. The second kappa shape index (κ2) is 7.33. The number of hydrogen-bond acceptors (Lipinski definition) is 5. The largest absolute Gasteiger partial charge is 0.461 e. The van der Waals surface area contributed by atoms with Crippen LogP contribution in [-0.2, 0) is 14.4 Å². The molecule has 0 heterocycles. The molecule has 0 N–H and O–H groups in total. The molecule has 19 heavy (non-hydrogen) atoms. The Kier molecular flexibility index (Phi) is 5.75. The van der Waals surface area contributed by atoms with Gasteiger partial charge in [-0.15, -0.1) is 0 Å². The van der Waals surface area contributed by atoms with Crippen LogP contribution in [0.25, 0.3) is 0 Å². The molecule has 0 aliphatic rings. The van der Waals surface area contributed by atoms with E-state index in [-0.39, 0.29) is 18.1 Å². The van der Waals surface area contributed by atoms with Gasteiger partial charge in [0.25, 0.3) is 0 Å². The Morgan fingerprint density at radius 1 is 1.26 bits per heavy atom. The van der Waals surface area contributed by atoms with Gasteiger partial charge in [0.1, 0.15) is 0 Å². The van der Waals surface area contributed by atoms with Gasteiger partial charge >= 0.3 is 5.97 Å². The fourth-order valence-electron chi connectivity index (χ4n) is 1.39. The Labute approximate surface area is 112 Å². The molecular weight excluding hydrogens is 246 g/mol. The van der Waals surface area contributed by atoms with Crippen molar-refractivity contribution < 1.29 is 19.2 Å². The highest BCUT2D eigenvalue weighted by Gasteiger charge is 2.18. The van der Waals surface area contributed by atoms with Crippen LogP contribution in [0, 0.1) is 0 Å². The monoisotopic (exact) mass is 263 g/mol. The zero-order chi connectivity index (χ0) is 14.3. The van der Waals surface area contributed by atoms with E-state index in [2.05, 4.69) is 0 Å². The van der Waals surface area contributed by atoms with Crippen LogP contribution < -0.4 is 0 Å². The molecule has 0 atom stereocenters. The smallest absolute Gasteiger partial charge is 0.357 e. The number of nitrogens with zero attached hydrogens (tertiary/aromatic N) is 1. The molecule has 5 nitrogen and oxygen atoms in total. The maximum absolute atomic E-state index is 12.0. The first kappa shape index (κ1) is 14.9. The van der Waals surface area contributed by atoms with Crippen LogP contribution in [0.15, 0.2) is 42.1 Å². The van der Waals surface area contributed by atoms with E-state index < -0.39 is 5.97 Å². The second-order valence-corrected chi connectivity index (χ2v) is 3.66. The topological polar surface area (TPSA) is 55.8 Å². The Hall–Kier alpha value is -2.14. The van der Waals surface area contributed by atoms with Crippen LogP contribution in [0.2, 0.25) is 0 Å². The van der Waals surface area contributed by atoms with Gasteiger partial charge in [-0.2, -0.15) is 0 Å². The molecule has 1 aromatic carbocycles. The van der Waals surface area contributed by atoms with Gasteiger partial charge in [0.05, 0.1) is 13.7 Å². The number of hydrogen-bond donors (Lipinski definition) is 0. The summed E-state index contributed by atoms with van der Waals surface area (Å²) < 4.78 is 4.88. The van der Waals surface area contributed by atoms with Gasteiger partial charge in [-0.1, -0.05) is 30.3 Å². The molecule has 0 aliphatic carbocycles. The van der Waals surface area contributed by atoms with Crippen molar-refractivity contribution in [1.29, 1.82) is 0 Å². The number of ether oxygens (including phenoxy) is 1. The molecule has 0 spiro atoms. The fraction of sp³-hybridized carbons (Fsp3) is 0.286. The quantitative estimate of drug-likeness (QED) is 0.339. The molecule has 0 fully saturated rings. The van der Waals surface area contributed by atoms with Gasteiger partial charge in [-0.3, -0.25) is 14.7 Å². The average Bonchev–Trinajstić information content (AvgIpc) is 2.44. The summed E-state index contributed by atoms with van der Waals surface area (Å²) in [7, 11) is 2.93. The fourth-order valence-corrected chi connectivity index (χ4v) is 1.39.